The number of hydrogen-bond donors (Lipinski definition) is 3. The zero-order valence-corrected chi connectivity index (χ0v) is 15.2. The molecule has 1 rings (SSSR count). The summed E-state index contributed by atoms with van der Waals surface area (Å²) in [6, 6.07) is 6.65. The number of aryl methyl sites for hydroxylation is 1. The number of rotatable bonds is 7. The molecule has 1 atom stereocenters. The third-order valence-electron chi connectivity index (χ3n) is 3.37. The summed E-state index contributed by atoms with van der Waals surface area (Å²) in [5.41, 5.74) is 6.57. The number of primary amides is 1. The molecule has 0 spiro atoms. The lowest BCUT2D eigenvalue weighted by Gasteiger charge is -2.23. The van der Waals surface area contributed by atoms with Crippen LogP contribution < -0.4 is 16.4 Å². The van der Waals surface area contributed by atoms with Gasteiger partial charge in [-0.2, -0.15) is 0 Å². The molecule has 1 aromatic rings. The lowest BCUT2D eigenvalue weighted by atomic mass is 10.1. The van der Waals surface area contributed by atoms with E-state index in [2.05, 4.69) is 10.6 Å². The maximum atomic E-state index is 12.4. The van der Waals surface area contributed by atoms with Crippen molar-refractivity contribution in [3.05, 3.63) is 35.4 Å². The minimum atomic E-state index is -1.08. The number of benzene rings is 1. The number of nitrogens with two attached hydrogens (primary N) is 1. The number of carbonyl (C=O) groups excluding carboxylic acids is 3. The lowest BCUT2D eigenvalue weighted by molar-refractivity contribution is -0.127. The first kappa shape index (κ1) is 20.5. The zero-order valence-electron chi connectivity index (χ0n) is 15.2. The van der Waals surface area contributed by atoms with Gasteiger partial charge in [-0.05, 0) is 38.3 Å². The van der Waals surface area contributed by atoms with Gasteiger partial charge < -0.3 is 21.1 Å². The molecule has 7 nitrogen and oxygen atoms in total. The summed E-state index contributed by atoms with van der Waals surface area (Å²) in [5.74, 6) is -1.18. The summed E-state index contributed by atoms with van der Waals surface area (Å²) in [4.78, 5) is 35.4. The first-order chi connectivity index (χ1) is 11.6. The van der Waals surface area contributed by atoms with Crippen molar-refractivity contribution in [3.63, 3.8) is 0 Å². The van der Waals surface area contributed by atoms with E-state index in [-0.39, 0.29) is 6.42 Å². The van der Waals surface area contributed by atoms with Crippen LogP contribution in [0.25, 0.3) is 0 Å². The predicted octanol–water partition coefficient (Wildman–Crippen LogP) is 1.63. The number of alkyl carbamates (subject to hydrolysis) is 1. The fourth-order valence-electron chi connectivity index (χ4n) is 2.24. The Morgan fingerprint density at radius 3 is 2.28 bits per heavy atom. The van der Waals surface area contributed by atoms with Gasteiger partial charge in [-0.25, -0.2) is 4.79 Å². The van der Waals surface area contributed by atoms with E-state index in [9.17, 15) is 14.4 Å². The van der Waals surface area contributed by atoms with Gasteiger partial charge in [-0.1, -0.05) is 31.2 Å². The van der Waals surface area contributed by atoms with Crippen molar-refractivity contribution in [2.75, 3.05) is 0 Å². The number of hydrogen-bond acceptors (Lipinski definition) is 4. The molecule has 0 bridgehead atoms. The fourth-order valence-corrected chi connectivity index (χ4v) is 2.24. The van der Waals surface area contributed by atoms with Crippen molar-refractivity contribution in [1.29, 1.82) is 0 Å². The van der Waals surface area contributed by atoms with Crippen LogP contribution >= 0.6 is 0 Å². The van der Waals surface area contributed by atoms with E-state index in [0.717, 1.165) is 17.5 Å². The molecule has 138 valence electrons. The summed E-state index contributed by atoms with van der Waals surface area (Å²) in [6.07, 6.45) is -0.240. The van der Waals surface area contributed by atoms with Gasteiger partial charge >= 0.3 is 6.09 Å². The maximum absolute atomic E-state index is 12.4. The maximum Gasteiger partial charge on any atom is 0.408 e. The van der Waals surface area contributed by atoms with Crippen LogP contribution in [0.2, 0.25) is 0 Å². The normalized spacial score (nSPS) is 12.2. The molecule has 0 fully saturated rings. The molecule has 0 saturated heterocycles. The van der Waals surface area contributed by atoms with Crippen molar-refractivity contribution in [2.45, 2.75) is 58.7 Å². The molecule has 0 aliphatic heterocycles. The van der Waals surface area contributed by atoms with Gasteiger partial charge in [0.1, 0.15) is 11.6 Å². The molecule has 0 radical (unpaired) electrons. The van der Waals surface area contributed by atoms with Crippen molar-refractivity contribution < 1.29 is 19.1 Å². The highest BCUT2D eigenvalue weighted by Gasteiger charge is 2.25. The van der Waals surface area contributed by atoms with Gasteiger partial charge in [0.25, 0.3) is 0 Å². The molecule has 0 aliphatic carbocycles. The Morgan fingerprint density at radius 1 is 1.16 bits per heavy atom. The van der Waals surface area contributed by atoms with Gasteiger partial charge in [0.05, 0.1) is 6.42 Å². The molecule has 0 unspecified atom stereocenters. The van der Waals surface area contributed by atoms with Crippen molar-refractivity contribution in [2.24, 2.45) is 5.73 Å². The Kier molecular flexibility index (Phi) is 7.42. The molecule has 4 N–H and O–H groups in total. The monoisotopic (exact) mass is 349 g/mol. The molecule has 0 saturated carbocycles. The van der Waals surface area contributed by atoms with Crippen LogP contribution in [0.5, 0.6) is 0 Å². The Balaban J connectivity index is 2.73. The minimum Gasteiger partial charge on any atom is -0.444 e. The topological polar surface area (TPSA) is 111 Å². The number of nitrogens with one attached hydrogen (secondary N) is 2. The van der Waals surface area contributed by atoms with Crippen LogP contribution in [-0.4, -0.2) is 29.6 Å². The highest BCUT2D eigenvalue weighted by Crippen LogP contribution is 2.10. The smallest absolute Gasteiger partial charge is 0.408 e. The first-order valence-electron chi connectivity index (χ1n) is 8.24. The molecule has 3 amide bonds. The van der Waals surface area contributed by atoms with Crippen LogP contribution in [-0.2, 0) is 27.3 Å². The van der Waals surface area contributed by atoms with E-state index in [1.54, 1.807) is 20.8 Å². The number of carbonyl (C=O) groups is 3. The summed E-state index contributed by atoms with van der Waals surface area (Å²) < 4.78 is 5.12. The standard InChI is InChI=1S/C18H27N3O4/c1-5-12-8-6-7-9-13(12)11-20-16(23)14(10-15(19)22)21-17(24)25-18(2,3)4/h6-9,14H,5,10-11H2,1-4H3,(H2,19,22)(H,20,23)(H,21,24)/t14-/m1/s1. The van der Waals surface area contributed by atoms with E-state index < -0.39 is 29.6 Å². The van der Waals surface area contributed by atoms with Gasteiger partial charge in [-0.3, -0.25) is 9.59 Å². The molecule has 7 heteroatoms. The molecule has 1 aromatic carbocycles. The zero-order chi connectivity index (χ0) is 19.0. The molecular weight excluding hydrogens is 322 g/mol. The van der Waals surface area contributed by atoms with Crippen molar-refractivity contribution >= 4 is 17.9 Å². The number of ether oxygens (including phenoxy) is 1. The SMILES string of the molecule is CCc1ccccc1CNC(=O)[C@@H](CC(N)=O)NC(=O)OC(C)(C)C. The predicted molar refractivity (Wildman–Crippen MR) is 94.6 cm³/mol. The van der Waals surface area contributed by atoms with E-state index in [1.165, 1.54) is 0 Å². The second kappa shape index (κ2) is 9.05. The third kappa shape index (κ3) is 7.69. The number of amides is 3. The Morgan fingerprint density at radius 2 is 1.76 bits per heavy atom. The quantitative estimate of drug-likeness (QED) is 0.695. The van der Waals surface area contributed by atoms with E-state index in [4.69, 9.17) is 10.5 Å². The van der Waals surface area contributed by atoms with Crippen LogP contribution in [0.1, 0.15) is 45.2 Å². The van der Waals surface area contributed by atoms with Crippen LogP contribution in [0.3, 0.4) is 0 Å². The van der Waals surface area contributed by atoms with Crippen molar-refractivity contribution in [3.8, 4) is 0 Å². The largest absolute Gasteiger partial charge is 0.444 e. The summed E-state index contributed by atoms with van der Waals surface area (Å²) in [7, 11) is 0. The van der Waals surface area contributed by atoms with Crippen LogP contribution in [0.15, 0.2) is 24.3 Å². The van der Waals surface area contributed by atoms with Gasteiger partial charge in [-0.15, -0.1) is 0 Å². The second-order valence-corrected chi connectivity index (χ2v) is 6.71. The van der Waals surface area contributed by atoms with Gasteiger partial charge in [0, 0.05) is 6.54 Å². The summed E-state index contributed by atoms with van der Waals surface area (Å²) in [5, 5.41) is 5.13. The second-order valence-electron chi connectivity index (χ2n) is 6.71. The van der Waals surface area contributed by atoms with Crippen molar-refractivity contribution in [1.82, 2.24) is 10.6 Å². The Labute approximate surface area is 148 Å². The third-order valence-corrected chi connectivity index (χ3v) is 3.37. The highest BCUT2D eigenvalue weighted by molar-refractivity contribution is 5.90. The molecule has 0 aromatic heterocycles. The van der Waals surface area contributed by atoms with E-state index in [0.29, 0.717) is 6.54 Å². The summed E-state index contributed by atoms with van der Waals surface area (Å²) in [6.45, 7) is 7.45. The average Bonchev–Trinajstić information content (AvgIpc) is 2.49. The van der Waals surface area contributed by atoms with Crippen LogP contribution in [0, 0.1) is 0 Å². The molecule has 0 heterocycles. The Bertz CT molecular complexity index is 623. The molecule has 25 heavy (non-hydrogen) atoms. The average molecular weight is 349 g/mol. The Hall–Kier alpha value is -2.57. The fraction of sp³-hybridized carbons (Fsp3) is 0.500. The minimum absolute atomic E-state index is 0.300. The van der Waals surface area contributed by atoms with Gasteiger partial charge in [0.2, 0.25) is 11.8 Å². The van der Waals surface area contributed by atoms with E-state index >= 15 is 0 Å². The lowest BCUT2D eigenvalue weighted by Crippen LogP contribution is -2.49. The molecule has 0 aliphatic rings. The summed E-state index contributed by atoms with van der Waals surface area (Å²) >= 11 is 0. The molecular formula is C18H27N3O4. The highest BCUT2D eigenvalue weighted by atomic mass is 16.6. The van der Waals surface area contributed by atoms with Crippen LogP contribution in [0.4, 0.5) is 4.79 Å². The van der Waals surface area contributed by atoms with E-state index in [1.807, 2.05) is 31.2 Å². The first-order valence-corrected chi connectivity index (χ1v) is 8.24. The van der Waals surface area contributed by atoms with Gasteiger partial charge in [0.15, 0.2) is 0 Å².